The summed E-state index contributed by atoms with van der Waals surface area (Å²) in [6, 6.07) is 16.0. The van der Waals surface area contributed by atoms with Gasteiger partial charge in [0.25, 0.3) is 0 Å². The van der Waals surface area contributed by atoms with Crippen molar-refractivity contribution in [1.82, 2.24) is 4.90 Å². The molecule has 2 aromatic carbocycles. The van der Waals surface area contributed by atoms with Gasteiger partial charge in [0.2, 0.25) is 5.91 Å². The van der Waals surface area contributed by atoms with Crippen molar-refractivity contribution in [2.75, 3.05) is 31.6 Å². The van der Waals surface area contributed by atoms with Crippen molar-refractivity contribution in [1.29, 1.82) is 0 Å². The predicted octanol–water partition coefficient (Wildman–Crippen LogP) is 3.77. The number of nitrogens with zero attached hydrogens (tertiary/aromatic N) is 1. The molecule has 0 spiro atoms. The summed E-state index contributed by atoms with van der Waals surface area (Å²) >= 11 is 3.49. The molecule has 1 N–H and O–H groups in total. The van der Waals surface area contributed by atoms with Gasteiger partial charge in [0.1, 0.15) is 0 Å². The Hall–Kier alpha value is -1.69. The third-order valence-electron chi connectivity index (χ3n) is 4.07. The molecular weight excluding hydrogens is 368 g/mol. The van der Waals surface area contributed by atoms with Crippen molar-refractivity contribution in [3.63, 3.8) is 0 Å². The van der Waals surface area contributed by atoms with Gasteiger partial charge in [-0.25, -0.2) is 0 Å². The van der Waals surface area contributed by atoms with Gasteiger partial charge in [-0.05, 0) is 36.8 Å². The van der Waals surface area contributed by atoms with E-state index in [-0.39, 0.29) is 12.0 Å². The molecule has 1 heterocycles. The van der Waals surface area contributed by atoms with E-state index in [9.17, 15) is 4.79 Å². The lowest BCUT2D eigenvalue weighted by Gasteiger charge is -2.32. The van der Waals surface area contributed by atoms with Gasteiger partial charge in [-0.2, -0.15) is 0 Å². The molecule has 1 atom stereocenters. The Morgan fingerprint density at radius 2 is 2.08 bits per heavy atom. The summed E-state index contributed by atoms with van der Waals surface area (Å²) in [5, 5.41) is 2.95. The molecule has 0 bridgehead atoms. The molecule has 24 heavy (non-hydrogen) atoms. The summed E-state index contributed by atoms with van der Waals surface area (Å²) in [6.45, 7) is 4.53. The zero-order chi connectivity index (χ0) is 16.9. The number of halogens is 1. The molecule has 2 aromatic rings. The van der Waals surface area contributed by atoms with Gasteiger partial charge < -0.3 is 10.1 Å². The van der Waals surface area contributed by atoms with E-state index in [0.717, 1.165) is 28.8 Å². The van der Waals surface area contributed by atoms with Crippen LogP contribution in [-0.4, -0.2) is 37.0 Å². The quantitative estimate of drug-likeness (QED) is 0.866. The van der Waals surface area contributed by atoms with E-state index in [0.29, 0.717) is 13.2 Å². The summed E-state index contributed by atoms with van der Waals surface area (Å²) < 4.78 is 6.91. The smallest absolute Gasteiger partial charge is 0.238 e. The second-order valence-electron chi connectivity index (χ2n) is 6.06. The lowest BCUT2D eigenvalue weighted by atomic mass is 10.1. The molecule has 0 radical (unpaired) electrons. The molecule has 3 rings (SSSR count). The van der Waals surface area contributed by atoms with Crippen molar-refractivity contribution in [2.45, 2.75) is 13.0 Å². The number of nitrogens with one attached hydrogen (secondary N) is 1. The minimum atomic E-state index is 0.00317. The average Bonchev–Trinajstić information content (AvgIpc) is 2.57. The average molecular weight is 389 g/mol. The van der Waals surface area contributed by atoms with Crippen LogP contribution in [0.15, 0.2) is 53.0 Å². The normalized spacial score (nSPS) is 18.3. The van der Waals surface area contributed by atoms with Crippen molar-refractivity contribution in [3.8, 4) is 0 Å². The van der Waals surface area contributed by atoms with Gasteiger partial charge >= 0.3 is 0 Å². The SMILES string of the molecule is Cc1ccc(NC(=O)CN2CCOC(c3cccc(Br)c3)C2)cc1. The molecule has 1 amide bonds. The van der Waals surface area contributed by atoms with Crippen LogP contribution in [0.5, 0.6) is 0 Å². The van der Waals surface area contributed by atoms with Crippen molar-refractivity contribution in [2.24, 2.45) is 0 Å². The largest absolute Gasteiger partial charge is 0.371 e. The maximum atomic E-state index is 12.3. The number of hydrogen-bond acceptors (Lipinski definition) is 3. The Bertz CT molecular complexity index is 703. The fourth-order valence-electron chi connectivity index (χ4n) is 2.80. The molecule has 1 aliphatic heterocycles. The summed E-state index contributed by atoms with van der Waals surface area (Å²) in [7, 11) is 0. The van der Waals surface area contributed by atoms with Gasteiger partial charge in [0, 0.05) is 23.2 Å². The van der Waals surface area contributed by atoms with E-state index < -0.39 is 0 Å². The second-order valence-corrected chi connectivity index (χ2v) is 6.98. The van der Waals surface area contributed by atoms with Crippen LogP contribution in [0.3, 0.4) is 0 Å². The second kappa shape index (κ2) is 7.92. The molecule has 4 nitrogen and oxygen atoms in total. The molecule has 5 heteroatoms. The van der Waals surface area contributed by atoms with E-state index in [1.165, 1.54) is 5.56 Å². The summed E-state index contributed by atoms with van der Waals surface area (Å²) in [5.74, 6) is 0.00810. The van der Waals surface area contributed by atoms with E-state index in [1.807, 2.05) is 43.3 Å². The van der Waals surface area contributed by atoms with Crippen LogP contribution in [0, 0.1) is 6.92 Å². The molecule has 0 aliphatic carbocycles. The monoisotopic (exact) mass is 388 g/mol. The first kappa shape index (κ1) is 17.1. The van der Waals surface area contributed by atoms with Gasteiger partial charge in [-0.15, -0.1) is 0 Å². The van der Waals surface area contributed by atoms with Crippen LogP contribution in [0.1, 0.15) is 17.2 Å². The van der Waals surface area contributed by atoms with Gasteiger partial charge in [-0.1, -0.05) is 45.8 Å². The third-order valence-corrected chi connectivity index (χ3v) is 4.57. The number of carbonyl (C=O) groups excluding carboxylic acids is 1. The fraction of sp³-hybridized carbons (Fsp3) is 0.316. The number of hydrogen-bond donors (Lipinski definition) is 1. The topological polar surface area (TPSA) is 41.6 Å². The number of amides is 1. The van der Waals surface area contributed by atoms with E-state index in [2.05, 4.69) is 38.3 Å². The number of benzene rings is 2. The minimum Gasteiger partial charge on any atom is -0.371 e. The Labute approximate surface area is 150 Å². The number of anilines is 1. The highest BCUT2D eigenvalue weighted by molar-refractivity contribution is 9.10. The van der Waals surface area contributed by atoms with Gasteiger partial charge in [0.05, 0.1) is 19.3 Å². The highest BCUT2D eigenvalue weighted by Gasteiger charge is 2.23. The first-order valence-corrected chi connectivity index (χ1v) is 8.85. The van der Waals surface area contributed by atoms with Crippen LogP contribution in [-0.2, 0) is 9.53 Å². The lowest BCUT2D eigenvalue weighted by molar-refractivity contribution is -0.119. The molecule has 0 saturated carbocycles. The van der Waals surface area contributed by atoms with E-state index >= 15 is 0 Å². The number of rotatable bonds is 4. The maximum absolute atomic E-state index is 12.3. The standard InChI is InChI=1S/C19H21BrN2O2/c1-14-5-7-17(8-6-14)21-19(23)13-22-9-10-24-18(12-22)15-3-2-4-16(20)11-15/h2-8,11,18H,9-10,12-13H2,1H3,(H,21,23). The molecule has 1 unspecified atom stereocenters. The molecule has 1 fully saturated rings. The predicted molar refractivity (Wildman–Crippen MR) is 99.1 cm³/mol. The van der Waals surface area contributed by atoms with Crippen LogP contribution in [0.25, 0.3) is 0 Å². The van der Waals surface area contributed by atoms with E-state index in [1.54, 1.807) is 0 Å². The molecule has 1 aliphatic rings. The zero-order valence-corrected chi connectivity index (χ0v) is 15.3. The number of carbonyl (C=O) groups is 1. The first-order valence-electron chi connectivity index (χ1n) is 8.06. The Balaban J connectivity index is 1.56. The summed E-state index contributed by atoms with van der Waals surface area (Å²) in [6.07, 6.45) is 0.00317. The van der Waals surface area contributed by atoms with Crippen molar-refractivity contribution in [3.05, 3.63) is 64.1 Å². The molecule has 126 valence electrons. The first-order chi connectivity index (χ1) is 11.6. The van der Waals surface area contributed by atoms with Crippen molar-refractivity contribution < 1.29 is 9.53 Å². The highest BCUT2D eigenvalue weighted by Crippen LogP contribution is 2.24. The number of morpholine rings is 1. The summed E-state index contributed by atoms with van der Waals surface area (Å²) in [5.41, 5.74) is 3.15. The van der Waals surface area contributed by atoms with E-state index in [4.69, 9.17) is 4.74 Å². The highest BCUT2D eigenvalue weighted by atomic mass is 79.9. The Morgan fingerprint density at radius 3 is 2.83 bits per heavy atom. The maximum Gasteiger partial charge on any atom is 0.238 e. The number of ether oxygens (including phenoxy) is 1. The van der Waals surface area contributed by atoms with Crippen molar-refractivity contribution >= 4 is 27.5 Å². The van der Waals surface area contributed by atoms with Gasteiger partial charge in [0.15, 0.2) is 0 Å². The lowest BCUT2D eigenvalue weighted by Crippen LogP contribution is -2.42. The summed E-state index contributed by atoms with van der Waals surface area (Å²) in [4.78, 5) is 14.4. The van der Waals surface area contributed by atoms with Gasteiger partial charge in [-0.3, -0.25) is 9.69 Å². The third kappa shape index (κ3) is 4.66. The Morgan fingerprint density at radius 1 is 1.29 bits per heavy atom. The molecular formula is C19H21BrN2O2. The van der Waals surface area contributed by atoms with Crippen LogP contribution < -0.4 is 5.32 Å². The van der Waals surface area contributed by atoms with Crippen LogP contribution in [0.4, 0.5) is 5.69 Å². The number of aryl methyl sites for hydroxylation is 1. The molecule has 0 aromatic heterocycles. The minimum absolute atomic E-state index is 0.00317. The van der Waals surface area contributed by atoms with Crippen LogP contribution in [0.2, 0.25) is 0 Å². The van der Waals surface area contributed by atoms with Crippen LogP contribution >= 0.6 is 15.9 Å². The molecule has 1 saturated heterocycles. The Kier molecular flexibility index (Phi) is 5.66. The fourth-order valence-corrected chi connectivity index (χ4v) is 3.21. The zero-order valence-electron chi connectivity index (χ0n) is 13.7.